The molecule has 6 nitrogen and oxygen atoms in total. The van der Waals surface area contributed by atoms with Crippen molar-refractivity contribution in [3.05, 3.63) is 47.9 Å². The largest absolute Gasteiger partial charge is 0.481 e. The van der Waals surface area contributed by atoms with E-state index in [4.69, 9.17) is 0 Å². The average Bonchev–Trinajstić information content (AvgIpc) is 3.07. The van der Waals surface area contributed by atoms with E-state index in [9.17, 15) is 14.7 Å². The highest BCUT2D eigenvalue weighted by atomic mass is 16.5. The van der Waals surface area contributed by atoms with Crippen molar-refractivity contribution in [2.45, 2.75) is 18.3 Å². The zero-order valence-corrected chi connectivity index (χ0v) is 10.5. The van der Waals surface area contributed by atoms with Gasteiger partial charge >= 0.3 is 5.97 Å². The third-order valence-electron chi connectivity index (χ3n) is 3.53. The monoisotopic (exact) mass is 272 g/mol. The SMILES string of the molecule is O=C(Nc1ccc(C2(C(=O)O)CC2)cc1)c1ccon1. The first-order valence-electron chi connectivity index (χ1n) is 6.17. The Kier molecular flexibility index (Phi) is 2.78. The molecule has 0 saturated heterocycles. The van der Waals surface area contributed by atoms with Gasteiger partial charge in [-0.3, -0.25) is 9.59 Å². The fourth-order valence-electron chi connectivity index (χ4n) is 2.15. The van der Waals surface area contributed by atoms with Crippen LogP contribution in [0.2, 0.25) is 0 Å². The van der Waals surface area contributed by atoms with Crippen LogP contribution < -0.4 is 5.32 Å². The molecule has 1 aliphatic rings. The van der Waals surface area contributed by atoms with Crippen LogP contribution in [0.3, 0.4) is 0 Å². The number of amides is 1. The van der Waals surface area contributed by atoms with E-state index in [0.29, 0.717) is 18.5 Å². The van der Waals surface area contributed by atoms with Crippen molar-refractivity contribution in [3.8, 4) is 0 Å². The second kappa shape index (κ2) is 4.48. The Morgan fingerprint density at radius 3 is 2.40 bits per heavy atom. The minimum atomic E-state index is -0.795. The summed E-state index contributed by atoms with van der Waals surface area (Å²) in [6, 6.07) is 8.32. The number of hydrogen-bond acceptors (Lipinski definition) is 4. The van der Waals surface area contributed by atoms with E-state index in [0.717, 1.165) is 5.56 Å². The highest BCUT2D eigenvalue weighted by molar-refractivity contribution is 6.02. The van der Waals surface area contributed by atoms with Crippen molar-refractivity contribution in [2.75, 3.05) is 5.32 Å². The molecule has 0 radical (unpaired) electrons. The van der Waals surface area contributed by atoms with Gasteiger partial charge in [0, 0.05) is 11.8 Å². The van der Waals surface area contributed by atoms with E-state index >= 15 is 0 Å². The van der Waals surface area contributed by atoms with Crippen LogP contribution in [0.5, 0.6) is 0 Å². The molecule has 1 fully saturated rings. The molecule has 102 valence electrons. The molecule has 1 saturated carbocycles. The van der Waals surface area contributed by atoms with Crippen LogP contribution in [0.4, 0.5) is 5.69 Å². The number of hydrogen-bond donors (Lipinski definition) is 2. The van der Waals surface area contributed by atoms with Crippen LogP contribution in [-0.2, 0) is 10.2 Å². The predicted molar refractivity (Wildman–Crippen MR) is 69.4 cm³/mol. The number of nitrogens with one attached hydrogen (secondary N) is 1. The lowest BCUT2D eigenvalue weighted by atomic mass is 9.96. The number of carboxylic acids is 1. The van der Waals surface area contributed by atoms with E-state index in [1.807, 2.05) is 0 Å². The van der Waals surface area contributed by atoms with Gasteiger partial charge in [0.1, 0.15) is 6.26 Å². The first-order valence-corrected chi connectivity index (χ1v) is 6.17. The van der Waals surface area contributed by atoms with Crippen LogP contribution in [0.15, 0.2) is 41.1 Å². The Bertz CT molecular complexity index is 642. The number of carbonyl (C=O) groups is 2. The third kappa shape index (κ3) is 2.05. The van der Waals surface area contributed by atoms with E-state index in [1.165, 1.54) is 12.3 Å². The first-order chi connectivity index (χ1) is 9.62. The molecule has 1 aromatic carbocycles. The zero-order valence-electron chi connectivity index (χ0n) is 10.5. The molecule has 1 heterocycles. The standard InChI is InChI=1S/C14H12N2O4/c17-12(11-5-8-20-16-11)15-10-3-1-9(2-4-10)14(6-7-14)13(18)19/h1-5,8H,6-7H2,(H,15,17)(H,18,19). The number of carbonyl (C=O) groups excluding carboxylic acids is 1. The summed E-state index contributed by atoms with van der Waals surface area (Å²) in [4.78, 5) is 23.0. The van der Waals surface area contributed by atoms with Crippen LogP contribution in [0.25, 0.3) is 0 Å². The number of nitrogens with zero attached hydrogens (tertiary/aromatic N) is 1. The van der Waals surface area contributed by atoms with E-state index < -0.39 is 11.4 Å². The minimum absolute atomic E-state index is 0.193. The van der Waals surface area contributed by atoms with Gasteiger partial charge in [-0.25, -0.2) is 0 Å². The number of aliphatic carboxylic acids is 1. The Hall–Kier alpha value is -2.63. The number of aromatic nitrogens is 1. The van der Waals surface area contributed by atoms with Crippen molar-refractivity contribution in [1.29, 1.82) is 0 Å². The molecule has 0 aliphatic heterocycles. The Morgan fingerprint density at radius 1 is 1.20 bits per heavy atom. The summed E-state index contributed by atoms with van der Waals surface area (Å²) >= 11 is 0. The number of carboxylic acid groups (broad SMARTS) is 1. The summed E-state index contributed by atoms with van der Waals surface area (Å²) in [5.41, 5.74) is 0.819. The molecule has 0 bridgehead atoms. The quantitative estimate of drug-likeness (QED) is 0.888. The van der Waals surface area contributed by atoms with Gasteiger partial charge in [0.2, 0.25) is 0 Å². The van der Waals surface area contributed by atoms with Crippen molar-refractivity contribution < 1.29 is 19.2 Å². The summed E-state index contributed by atoms with van der Waals surface area (Å²) in [6.45, 7) is 0. The normalized spacial score (nSPS) is 15.6. The van der Waals surface area contributed by atoms with Gasteiger partial charge in [-0.2, -0.15) is 0 Å². The lowest BCUT2D eigenvalue weighted by molar-refractivity contribution is -0.140. The summed E-state index contributed by atoms with van der Waals surface area (Å²) < 4.78 is 4.60. The number of anilines is 1. The Labute approximate surface area is 114 Å². The van der Waals surface area contributed by atoms with E-state index in [2.05, 4.69) is 15.0 Å². The molecule has 1 aliphatic carbocycles. The summed E-state index contributed by atoms with van der Waals surface area (Å²) in [5, 5.41) is 15.4. The second-order valence-corrected chi connectivity index (χ2v) is 4.80. The average molecular weight is 272 g/mol. The fourth-order valence-corrected chi connectivity index (χ4v) is 2.15. The Morgan fingerprint density at radius 2 is 1.90 bits per heavy atom. The van der Waals surface area contributed by atoms with Crippen LogP contribution in [-0.4, -0.2) is 22.1 Å². The molecule has 0 unspecified atom stereocenters. The summed E-state index contributed by atoms with van der Waals surface area (Å²) in [5.74, 6) is -1.16. The van der Waals surface area contributed by atoms with Gasteiger partial charge in [-0.1, -0.05) is 17.3 Å². The van der Waals surface area contributed by atoms with Gasteiger partial charge in [0.25, 0.3) is 5.91 Å². The Balaban J connectivity index is 1.74. The molecule has 0 atom stereocenters. The maximum absolute atomic E-state index is 11.7. The van der Waals surface area contributed by atoms with Gasteiger partial charge in [0.05, 0.1) is 5.41 Å². The summed E-state index contributed by atoms with van der Waals surface area (Å²) in [6.07, 6.45) is 2.64. The molecule has 6 heteroatoms. The molecule has 1 aromatic heterocycles. The highest BCUT2D eigenvalue weighted by Crippen LogP contribution is 2.48. The van der Waals surface area contributed by atoms with Crippen molar-refractivity contribution in [2.24, 2.45) is 0 Å². The molecular weight excluding hydrogens is 260 g/mol. The molecule has 3 rings (SSSR count). The van der Waals surface area contributed by atoms with Crippen molar-refractivity contribution >= 4 is 17.6 Å². The highest BCUT2D eigenvalue weighted by Gasteiger charge is 2.51. The van der Waals surface area contributed by atoms with Gasteiger partial charge < -0.3 is 14.9 Å². The number of benzene rings is 1. The van der Waals surface area contributed by atoms with Crippen molar-refractivity contribution in [3.63, 3.8) is 0 Å². The van der Waals surface area contributed by atoms with Gasteiger partial charge in [-0.15, -0.1) is 0 Å². The molecule has 20 heavy (non-hydrogen) atoms. The minimum Gasteiger partial charge on any atom is -0.481 e. The van der Waals surface area contributed by atoms with E-state index in [-0.39, 0.29) is 11.6 Å². The lowest BCUT2D eigenvalue weighted by Crippen LogP contribution is -2.19. The first kappa shape index (κ1) is 12.4. The predicted octanol–water partition coefficient (Wildman–Crippen LogP) is 2.04. The molecule has 2 N–H and O–H groups in total. The molecule has 1 amide bonds. The van der Waals surface area contributed by atoms with E-state index in [1.54, 1.807) is 24.3 Å². The van der Waals surface area contributed by atoms with Gasteiger partial charge in [0.15, 0.2) is 5.69 Å². The topological polar surface area (TPSA) is 92.4 Å². The zero-order chi connectivity index (χ0) is 14.2. The maximum Gasteiger partial charge on any atom is 0.314 e. The second-order valence-electron chi connectivity index (χ2n) is 4.80. The smallest absolute Gasteiger partial charge is 0.314 e. The lowest BCUT2D eigenvalue weighted by Gasteiger charge is -2.11. The van der Waals surface area contributed by atoms with Gasteiger partial charge in [-0.05, 0) is 30.5 Å². The maximum atomic E-state index is 11.7. The summed E-state index contributed by atoms with van der Waals surface area (Å²) in [7, 11) is 0. The van der Waals surface area contributed by atoms with Crippen LogP contribution in [0, 0.1) is 0 Å². The molecule has 0 spiro atoms. The molecule has 2 aromatic rings. The third-order valence-corrected chi connectivity index (χ3v) is 3.53. The van der Waals surface area contributed by atoms with Crippen molar-refractivity contribution in [1.82, 2.24) is 5.16 Å². The fraction of sp³-hybridized carbons (Fsp3) is 0.214. The van der Waals surface area contributed by atoms with Crippen LogP contribution in [0.1, 0.15) is 28.9 Å². The number of rotatable bonds is 4. The molecular formula is C14H12N2O4. The van der Waals surface area contributed by atoms with Crippen LogP contribution >= 0.6 is 0 Å².